The van der Waals surface area contributed by atoms with E-state index in [0.717, 1.165) is 29.4 Å². The Labute approximate surface area is 112 Å². The SMILES string of the molecule is Clc1ccc(-c2nc[nH]c2C2CCNCC2)cc1. The molecule has 4 heteroatoms. The molecule has 1 aromatic heterocycles. The van der Waals surface area contributed by atoms with E-state index in [2.05, 4.69) is 15.3 Å². The van der Waals surface area contributed by atoms with E-state index in [1.54, 1.807) is 6.33 Å². The fraction of sp³-hybridized carbons (Fsp3) is 0.357. The van der Waals surface area contributed by atoms with Crippen LogP contribution in [0, 0.1) is 0 Å². The molecule has 1 aliphatic heterocycles. The molecule has 0 aliphatic carbocycles. The Kier molecular flexibility index (Phi) is 3.35. The van der Waals surface area contributed by atoms with Crippen molar-refractivity contribution in [2.75, 3.05) is 13.1 Å². The molecule has 0 spiro atoms. The highest BCUT2D eigenvalue weighted by atomic mass is 35.5. The van der Waals surface area contributed by atoms with Crippen LogP contribution in [0.15, 0.2) is 30.6 Å². The van der Waals surface area contributed by atoms with Crippen LogP contribution in [0.5, 0.6) is 0 Å². The molecule has 2 N–H and O–H groups in total. The summed E-state index contributed by atoms with van der Waals surface area (Å²) >= 11 is 5.93. The third-order valence-corrected chi connectivity index (χ3v) is 3.79. The molecule has 2 aromatic rings. The number of hydrogen-bond donors (Lipinski definition) is 2. The minimum Gasteiger partial charge on any atom is -0.348 e. The van der Waals surface area contributed by atoms with Crippen LogP contribution in [0.3, 0.4) is 0 Å². The second-order valence-corrected chi connectivity index (χ2v) is 5.13. The van der Waals surface area contributed by atoms with Gasteiger partial charge in [0.1, 0.15) is 0 Å². The molecule has 0 unspecified atom stereocenters. The van der Waals surface area contributed by atoms with E-state index in [1.807, 2.05) is 24.3 Å². The van der Waals surface area contributed by atoms with E-state index in [0.29, 0.717) is 5.92 Å². The molecule has 0 atom stereocenters. The monoisotopic (exact) mass is 261 g/mol. The fourth-order valence-corrected chi connectivity index (χ4v) is 2.69. The molecular formula is C14H16ClN3. The summed E-state index contributed by atoms with van der Waals surface area (Å²) in [5.74, 6) is 0.583. The lowest BCUT2D eigenvalue weighted by Gasteiger charge is -2.22. The Bertz CT molecular complexity index is 512. The van der Waals surface area contributed by atoms with Gasteiger partial charge < -0.3 is 10.3 Å². The Morgan fingerprint density at radius 2 is 1.83 bits per heavy atom. The normalized spacial score (nSPS) is 16.9. The van der Waals surface area contributed by atoms with E-state index in [9.17, 15) is 0 Å². The first-order valence-electron chi connectivity index (χ1n) is 6.34. The van der Waals surface area contributed by atoms with Gasteiger partial charge in [-0.15, -0.1) is 0 Å². The zero-order valence-corrected chi connectivity index (χ0v) is 10.9. The molecule has 1 aromatic carbocycles. The van der Waals surface area contributed by atoms with Crippen molar-refractivity contribution in [1.82, 2.24) is 15.3 Å². The molecule has 2 heterocycles. The van der Waals surface area contributed by atoms with E-state index in [-0.39, 0.29) is 0 Å². The molecule has 0 radical (unpaired) electrons. The lowest BCUT2D eigenvalue weighted by molar-refractivity contribution is 0.455. The van der Waals surface area contributed by atoms with Gasteiger partial charge in [-0.05, 0) is 38.1 Å². The number of halogens is 1. The van der Waals surface area contributed by atoms with Gasteiger partial charge in [-0.2, -0.15) is 0 Å². The van der Waals surface area contributed by atoms with Crippen LogP contribution in [-0.4, -0.2) is 23.1 Å². The summed E-state index contributed by atoms with van der Waals surface area (Å²) < 4.78 is 0. The Hall–Kier alpha value is -1.32. The minimum atomic E-state index is 0.583. The first-order valence-corrected chi connectivity index (χ1v) is 6.72. The highest BCUT2D eigenvalue weighted by Crippen LogP contribution is 2.31. The molecule has 1 aliphatic rings. The van der Waals surface area contributed by atoms with Gasteiger partial charge in [-0.3, -0.25) is 0 Å². The molecule has 0 saturated carbocycles. The van der Waals surface area contributed by atoms with Crippen molar-refractivity contribution in [3.8, 4) is 11.3 Å². The topological polar surface area (TPSA) is 40.7 Å². The van der Waals surface area contributed by atoms with E-state index in [1.165, 1.54) is 18.5 Å². The van der Waals surface area contributed by atoms with Crippen LogP contribution in [0.2, 0.25) is 5.02 Å². The summed E-state index contributed by atoms with van der Waals surface area (Å²) in [6.07, 6.45) is 4.13. The fourth-order valence-electron chi connectivity index (χ4n) is 2.56. The van der Waals surface area contributed by atoms with Crippen LogP contribution < -0.4 is 5.32 Å². The second-order valence-electron chi connectivity index (χ2n) is 4.70. The minimum absolute atomic E-state index is 0.583. The van der Waals surface area contributed by atoms with E-state index >= 15 is 0 Å². The quantitative estimate of drug-likeness (QED) is 0.872. The van der Waals surface area contributed by atoms with Crippen molar-refractivity contribution in [2.45, 2.75) is 18.8 Å². The van der Waals surface area contributed by atoms with Gasteiger partial charge in [0.15, 0.2) is 0 Å². The lowest BCUT2D eigenvalue weighted by Crippen LogP contribution is -2.27. The largest absolute Gasteiger partial charge is 0.348 e. The summed E-state index contributed by atoms with van der Waals surface area (Å²) in [6, 6.07) is 7.89. The Morgan fingerprint density at radius 3 is 2.56 bits per heavy atom. The number of benzene rings is 1. The third-order valence-electron chi connectivity index (χ3n) is 3.53. The third kappa shape index (κ3) is 2.28. The van der Waals surface area contributed by atoms with Crippen molar-refractivity contribution in [1.29, 1.82) is 0 Å². The Balaban J connectivity index is 1.93. The zero-order valence-electron chi connectivity index (χ0n) is 10.1. The molecule has 0 amide bonds. The van der Waals surface area contributed by atoms with Gasteiger partial charge in [-0.1, -0.05) is 23.7 Å². The summed E-state index contributed by atoms with van der Waals surface area (Å²) in [5.41, 5.74) is 3.46. The number of H-pyrrole nitrogens is 1. The summed E-state index contributed by atoms with van der Waals surface area (Å²) in [4.78, 5) is 7.79. The number of nitrogens with one attached hydrogen (secondary N) is 2. The predicted octanol–water partition coefficient (Wildman–Crippen LogP) is 3.20. The van der Waals surface area contributed by atoms with Crippen molar-refractivity contribution in [3.05, 3.63) is 41.3 Å². The highest BCUT2D eigenvalue weighted by Gasteiger charge is 2.20. The number of piperidine rings is 1. The van der Waals surface area contributed by atoms with E-state index in [4.69, 9.17) is 11.6 Å². The molecule has 3 nitrogen and oxygen atoms in total. The first kappa shape index (κ1) is 11.8. The second kappa shape index (κ2) is 5.12. The highest BCUT2D eigenvalue weighted by molar-refractivity contribution is 6.30. The average molecular weight is 262 g/mol. The average Bonchev–Trinajstić information content (AvgIpc) is 2.90. The van der Waals surface area contributed by atoms with Gasteiger partial charge in [0.25, 0.3) is 0 Å². The number of rotatable bonds is 2. The van der Waals surface area contributed by atoms with Gasteiger partial charge in [0, 0.05) is 22.2 Å². The van der Waals surface area contributed by atoms with Crippen molar-refractivity contribution >= 4 is 11.6 Å². The van der Waals surface area contributed by atoms with Gasteiger partial charge in [-0.25, -0.2) is 4.98 Å². The maximum Gasteiger partial charge on any atom is 0.0929 e. The number of imidazole rings is 1. The zero-order chi connectivity index (χ0) is 12.4. The maximum atomic E-state index is 5.93. The molecule has 94 valence electrons. The van der Waals surface area contributed by atoms with Gasteiger partial charge >= 0.3 is 0 Å². The van der Waals surface area contributed by atoms with Gasteiger partial charge in [0.2, 0.25) is 0 Å². The molecule has 1 saturated heterocycles. The van der Waals surface area contributed by atoms with Crippen LogP contribution in [-0.2, 0) is 0 Å². The standard InChI is InChI=1S/C14H16ClN3/c15-12-3-1-10(2-4-12)13-14(18-9-17-13)11-5-7-16-8-6-11/h1-4,9,11,16H,5-8H2,(H,17,18). The van der Waals surface area contributed by atoms with Crippen LogP contribution in [0.1, 0.15) is 24.5 Å². The number of aromatic amines is 1. The van der Waals surface area contributed by atoms with Crippen molar-refractivity contribution in [3.63, 3.8) is 0 Å². The summed E-state index contributed by atoms with van der Waals surface area (Å²) in [7, 11) is 0. The Morgan fingerprint density at radius 1 is 1.11 bits per heavy atom. The molecule has 0 bridgehead atoms. The molecular weight excluding hydrogens is 246 g/mol. The van der Waals surface area contributed by atoms with Crippen molar-refractivity contribution in [2.24, 2.45) is 0 Å². The molecule has 18 heavy (non-hydrogen) atoms. The molecule has 1 fully saturated rings. The van der Waals surface area contributed by atoms with Crippen LogP contribution in [0.4, 0.5) is 0 Å². The summed E-state index contributed by atoms with van der Waals surface area (Å²) in [5, 5.41) is 4.15. The van der Waals surface area contributed by atoms with Gasteiger partial charge in [0.05, 0.1) is 12.0 Å². The number of nitrogens with zero attached hydrogens (tertiary/aromatic N) is 1. The summed E-state index contributed by atoms with van der Waals surface area (Å²) in [6.45, 7) is 2.17. The van der Waals surface area contributed by atoms with E-state index < -0.39 is 0 Å². The molecule has 3 rings (SSSR count). The van der Waals surface area contributed by atoms with Crippen LogP contribution in [0.25, 0.3) is 11.3 Å². The lowest BCUT2D eigenvalue weighted by atomic mass is 9.92. The maximum absolute atomic E-state index is 5.93. The number of hydrogen-bond acceptors (Lipinski definition) is 2. The van der Waals surface area contributed by atoms with Crippen LogP contribution >= 0.6 is 11.6 Å². The predicted molar refractivity (Wildman–Crippen MR) is 73.9 cm³/mol. The number of aromatic nitrogens is 2. The smallest absolute Gasteiger partial charge is 0.0929 e. The first-order chi connectivity index (χ1) is 8.84. The van der Waals surface area contributed by atoms with Crippen molar-refractivity contribution < 1.29 is 0 Å².